The summed E-state index contributed by atoms with van der Waals surface area (Å²) in [5.74, 6) is -1.98. The first-order chi connectivity index (χ1) is 21.3. The molecule has 3 fully saturated rings. The molecular formula is C35H39N3O6. The van der Waals surface area contributed by atoms with Crippen LogP contribution in [0.2, 0.25) is 0 Å². The van der Waals surface area contributed by atoms with E-state index in [0.29, 0.717) is 43.0 Å². The van der Waals surface area contributed by atoms with Crippen LogP contribution in [0.5, 0.6) is 5.75 Å². The van der Waals surface area contributed by atoms with Gasteiger partial charge < -0.3 is 30.1 Å². The van der Waals surface area contributed by atoms with Crippen LogP contribution in [0, 0.1) is 25.7 Å². The van der Waals surface area contributed by atoms with Gasteiger partial charge in [-0.15, -0.1) is 0 Å². The number of rotatable bonds is 10. The van der Waals surface area contributed by atoms with Crippen molar-refractivity contribution in [3.8, 4) is 5.75 Å². The van der Waals surface area contributed by atoms with E-state index in [2.05, 4.69) is 10.6 Å². The number of para-hydroxylation sites is 1. The van der Waals surface area contributed by atoms with Gasteiger partial charge in [0.25, 0.3) is 0 Å². The average Bonchev–Trinajstić information content (AvgIpc) is 3.67. The van der Waals surface area contributed by atoms with Crippen molar-refractivity contribution in [3.05, 3.63) is 89.5 Å². The normalized spacial score (nSPS) is 25.9. The maximum Gasteiger partial charge on any atom is 0.250 e. The fourth-order valence-electron chi connectivity index (χ4n) is 7.45. The van der Waals surface area contributed by atoms with Gasteiger partial charge in [0.15, 0.2) is 0 Å². The van der Waals surface area contributed by atoms with E-state index >= 15 is 0 Å². The van der Waals surface area contributed by atoms with E-state index in [9.17, 15) is 19.5 Å². The number of hydrogen-bond donors (Lipinski definition) is 3. The lowest BCUT2D eigenvalue weighted by atomic mass is 9.70. The number of benzene rings is 3. The molecule has 44 heavy (non-hydrogen) atoms. The van der Waals surface area contributed by atoms with Crippen molar-refractivity contribution < 1.29 is 29.0 Å². The van der Waals surface area contributed by atoms with Gasteiger partial charge in [-0.25, -0.2) is 0 Å². The van der Waals surface area contributed by atoms with E-state index < -0.39 is 35.6 Å². The summed E-state index contributed by atoms with van der Waals surface area (Å²) < 4.78 is 12.1. The molecule has 3 aromatic rings. The molecule has 2 unspecified atom stereocenters. The Labute approximate surface area is 257 Å². The predicted molar refractivity (Wildman–Crippen MR) is 166 cm³/mol. The van der Waals surface area contributed by atoms with Crippen LogP contribution in [-0.2, 0) is 25.5 Å². The smallest absolute Gasteiger partial charge is 0.250 e. The Morgan fingerprint density at radius 1 is 1.00 bits per heavy atom. The van der Waals surface area contributed by atoms with E-state index in [0.717, 1.165) is 16.7 Å². The third kappa shape index (κ3) is 5.14. The maximum absolute atomic E-state index is 14.5. The number of hydrogen-bond acceptors (Lipinski definition) is 6. The molecule has 3 heterocycles. The lowest BCUT2D eigenvalue weighted by Gasteiger charge is -2.37. The lowest BCUT2D eigenvalue weighted by Crippen LogP contribution is -2.56. The number of aryl methyl sites for hydroxylation is 2. The Bertz CT molecular complexity index is 1520. The number of likely N-dealkylation sites (tertiary alicyclic amines) is 1. The molecule has 3 saturated heterocycles. The topological polar surface area (TPSA) is 117 Å². The number of ether oxygens (including phenoxy) is 2. The van der Waals surface area contributed by atoms with Gasteiger partial charge in [0, 0.05) is 11.4 Å². The Kier molecular flexibility index (Phi) is 8.18. The second-order valence-corrected chi connectivity index (χ2v) is 12.0. The minimum Gasteiger partial charge on any atom is -0.494 e. The Hall–Kier alpha value is -4.21. The van der Waals surface area contributed by atoms with Gasteiger partial charge in [0.2, 0.25) is 17.7 Å². The monoisotopic (exact) mass is 597 g/mol. The van der Waals surface area contributed by atoms with Crippen molar-refractivity contribution in [1.82, 2.24) is 4.90 Å². The fourth-order valence-corrected chi connectivity index (χ4v) is 7.45. The van der Waals surface area contributed by atoms with E-state index in [1.807, 2.05) is 69.3 Å². The van der Waals surface area contributed by atoms with Crippen LogP contribution >= 0.6 is 0 Å². The van der Waals surface area contributed by atoms with Gasteiger partial charge in [-0.05, 0) is 81.0 Å². The van der Waals surface area contributed by atoms with Crippen molar-refractivity contribution >= 4 is 29.1 Å². The second-order valence-electron chi connectivity index (χ2n) is 12.0. The number of aliphatic hydroxyl groups is 1. The van der Waals surface area contributed by atoms with Gasteiger partial charge in [-0.1, -0.05) is 48.5 Å². The second kappa shape index (κ2) is 12.1. The van der Waals surface area contributed by atoms with Gasteiger partial charge >= 0.3 is 0 Å². The van der Waals surface area contributed by atoms with Gasteiger partial charge in [0.05, 0.1) is 37.2 Å². The zero-order valence-electron chi connectivity index (χ0n) is 25.3. The van der Waals surface area contributed by atoms with E-state index in [1.165, 1.54) is 4.90 Å². The molecule has 2 bridgehead atoms. The molecule has 230 valence electrons. The zero-order valence-corrected chi connectivity index (χ0v) is 25.3. The highest BCUT2D eigenvalue weighted by Gasteiger charge is 2.75. The number of aliphatic hydroxyl groups excluding tert-OH is 1. The highest BCUT2D eigenvalue weighted by atomic mass is 16.5. The maximum atomic E-state index is 14.5. The zero-order chi connectivity index (χ0) is 31.0. The number of nitrogens with zero attached hydrogens (tertiary/aromatic N) is 1. The third-order valence-corrected chi connectivity index (χ3v) is 9.37. The highest BCUT2D eigenvalue weighted by Crippen LogP contribution is 2.59. The van der Waals surface area contributed by atoms with Crippen LogP contribution in [0.1, 0.15) is 36.5 Å². The Balaban J connectivity index is 1.35. The number of nitrogens with one attached hydrogen (secondary N) is 2. The third-order valence-electron chi connectivity index (χ3n) is 9.37. The number of carbonyl (C=O) groups excluding carboxylic acids is 3. The molecule has 0 radical (unpaired) electrons. The molecule has 6 rings (SSSR count). The molecule has 3 N–H and O–H groups in total. The Morgan fingerprint density at radius 3 is 2.36 bits per heavy atom. The molecule has 3 aliphatic heterocycles. The largest absolute Gasteiger partial charge is 0.494 e. The van der Waals surface area contributed by atoms with Crippen LogP contribution in [0.15, 0.2) is 72.8 Å². The molecule has 9 nitrogen and oxygen atoms in total. The molecule has 3 aliphatic rings. The number of amides is 3. The summed E-state index contributed by atoms with van der Waals surface area (Å²) in [6.07, 6.45) is 0.873. The van der Waals surface area contributed by atoms with Crippen LogP contribution in [-0.4, -0.2) is 64.7 Å². The van der Waals surface area contributed by atoms with Crippen molar-refractivity contribution in [2.45, 2.75) is 63.8 Å². The summed E-state index contributed by atoms with van der Waals surface area (Å²) in [6, 6.07) is 20.7. The first kappa shape index (κ1) is 29.8. The molecule has 6 atom stereocenters. The van der Waals surface area contributed by atoms with Gasteiger partial charge in [0.1, 0.15) is 17.4 Å². The lowest BCUT2D eigenvalue weighted by molar-refractivity contribution is -0.143. The first-order valence-electron chi connectivity index (χ1n) is 15.3. The molecule has 0 aromatic heterocycles. The van der Waals surface area contributed by atoms with E-state index in [4.69, 9.17) is 9.47 Å². The Morgan fingerprint density at radius 2 is 1.70 bits per heavy atom. The van der Waals surface area contributed by atoms with Crippen molar-refractivity contribution in [3.63, 3.8) is 0 Å². The van der Waals surface area contributed by atoms with Gasteiger partial charge in [-0.3, -0.25) is 14.4 Å². The van der Waals surface area contributed by atoms with Crippen molar-refractivity contribution in [1.29, 1.82) is 0 Å². The van der Waals surface area contributed by atoms with Crippen LogP contribution in [0.3, 0.4) is 0 Å². The fraction of sp³-hybridized carbons (Fsp3) is 0.400. The van der Waals surface area contributed by atoms with E-state index in [-0.39, 0.29) is 24.3 Å². The van der Waals surface area contributed by atoms with Crippen molar-refractivity contribution in [2.75, 3.05) is 23.8 Å². The molecular weight excluding hydrogens is 558 g/mol. The summed E-state index contributed by atoms with van der Waals surface area (Å²) in [5.41, 5.74) is 2.81. The number of fused-ring (bicyclic) bond motifs is 1. The quantitative estimate of drug-likeness (QED) is 0.322. The summed E-state index contributed by atoms with van der Waals surface area (Å²) in [5, 5.41) is 16.7. The molecule has 3 amide bonds. The minimum atomic E-state index is -1.19. The highest BCUT2D eigenvalue weighted by molar-refractivity contribution is 6.05. The molecule has 9 heteroatoms. The number of anilines is 2. The van der Waals surface area contributed by atoms with Crippen LogP contribution < -0.4 is 15.4 Å². The average molecular weight is 598 g/mol. The van der Waals surface area contributed by atoms with Crippen LogP contribution in [0.4, 0.5) is 11.4 Å². The van der Waals surface area contributed by atoms with E-state index in [1.54, 1.807) is 24.3 Å². The first-order valence-corrected chi connectivity index (χ1v) is 15.3. The standard InChI is InChI=1S/C35H39N3O6/c1-4-43-26-15-13-24(14-16-26)36-32(40)28-27-17-18-35(44-27)29(28)34(42)38(25(20-39)19-23-11-6-5-7-12-23)31(35)33(41)37-30-21(2)9-8-10-22(30)3/h5-16,25,27-29,31,39H,4,17-20H2,1-3H3,(H,36,40)(H,37,41)/t25-,27-,28+,29+,31?,35?/m1/s1. The molecule has 0 saturated carbocycles. The van der Waals surface area contributed by atoms with Crippen molar-refractivity contribution in [2.24, 2.45) is 11.8 Å². The molecule has 1 spiro atoms. The summed E-state index contributed by atoms with van der Waals surface area (Å²) in [4.78, 5) is 44.2. The minimum absolute atomic E-state index is 0.321. The molecule has 3 aromatic carbocycles. The summed E-state index contributed by atoms with van der Waals surface area (Å²) in [7, 11) is 0. The SMILES string of the molecule is CCOc1ccc(NC(=O)[C@@H]2[C@H]3C(=O)N([C@@H](CO)Cc4ccccc4)C(C(=O)Nc4c(C)cccc4C)C34CC[C@H]2O4)cc1. The molecule has 0 aliphatic carbocycles. The number of carbonyl (C=O) groups is 3. The van der Waals surface area contributed by atoms with Crippen LogP contribution in [0.25, 0.3) is 0 Å². The van der Waals surface area contributed by atoms with Gasteiger partial charge in [-0.2, -0.15) is 0 Å². The predicted octanol–water partition coefficient (Wildman–Crippen LogP) is 4.26. The summed E-state index contributed by atoms with van der Waals surface area (Å²) in [6.45, 7) is 5.94. The summed E-state index contributed by atoms with van der Waals surface area (Å²) >= 11 is 0.